The molecule has 0 heterocycles. The minimum absolute atomic E-state index is 0.172. The molecule has 0 aliphatic heterocycles. The lowest BCUT2D eigenvalue weighted by molar-refractivity contribution is 0.459. The standard InChI is InChI=1S/C14H22N2O2S/c15-19(17,18)14-9-7-12(8-10-14)11-16-13-5-3-1-2-4-6-13/h7-10,13,16H,1-6,11H2,(H2,15,17,18). The monoisotopic (exact) mass is 282 g/mol. The average Bonchev–Trinajstić information content (AvgIpc) is 2.64. The summed E-state index contributed by atoms with van der Waals surface area (Å²) in [7, 11) is -3.58. The molecule has 3 N–H and O–H groups in total. The van der Waals surface area contributed by atoms with E-state index in [0.717, 1.165) is 12.1 Å². The van der Waals surface area contributed by atoms with Gasteiger partial charge in [0.25, 0.3) is 0 Å². The molecule has 1 aromatic rings. The van der Waals surface area contributed by atoms with Crippen LogP contribution >= 0.6 is 0 Å². The van der Waals surface area contributed by atoms with E-state index in [0.29, 0.717) is 6.04 Å². The smallest absolute Gasteiger partial charge is 0.238 e. The fourth-order valence-electron chi connectivity index (χ4n) is 2.54. The summed E-state index contributed by atoms with van der Waals surface area (Å²) in [6.45, 7) is 0.787. The molecule has 0 unspecified atom stereocenters. The zero-order valence-electron chi connectivity index (χ0n) is 11.1. The summed E-state index contributed by atoms with van der Waals surface area (Å²) < 4.78 is 22.3. The Morgan fingerprint density at radius 1 is 1.05 bits per heavy atom. The highest BCUT2D eigenvalue weighted by atomic mass is 32.2. The Hall–Kier alpha value is -0.910. The van der Waals surface area contributed by atoms with Crippen LogP contribution < -0.4 is 10.5 Å². The van der Waals surface area contributed by atoms with Crippen molar-refractivity contribution in [1.82, 2.24) is 5.32 Å². The normalized spacial score (nSPS) is 18.2. The molecular weight excluding hydrogens is 260 g/mol. The molecule has 0 saturated heterocycles. The van der Waals surface area contributed by atoms with Gasteiger partial charge in [-0.25, -0.2) is 13.6 Å². The Labute approximate surface area is 115 Å². The van der Waals surface area contributed by atoms with Crippen molar-refractivity contribution in [2.75, 3.05) is 0 Å². The molecule has 5 heteroatoms. The number of hydrogen-bond donors (Lipinski definition) is 2. The Bertz CT molecular complexity index is 489. The van der Waals surface area contributed by atoms with Crippen LogP contribution in [0.4, 0.5) is 0 Å². The van der Waals surface area contributed by atoms with Gasteiger partial charge in [0, 0.05) is 12.6 Å². The van der Waals surface area contributed by atoms with Crippen LogP contribution in [0.15, 0.2) is 29.2 Å². The lowest BCUT2D eigenvalue weighted by Gasteiger charge is -2.16. The Balaban J connectivity index is 1.89. The highest BCUT2D eigenvalue weighted by Crippen LogP contribution is 2.17. The maximum absolute atomic E-state index is 11.1. The van der Waals surface area contributed by atoms with E-state index >= 15 is 0 Å². The third kappa shape index (κ3) is 4.60. The first-order chi connectivity index (χ1) is 9.05. The molecule has 0 bridgehead atoms. The van der Waals surface area contributed by atoms with Crippen molar-refractivity contribution in [3.63, 3.8) is 0 Å². The highest BCUT2D eigenvalue weighted by Gasteiger charge is 2.11. The van der Waals surface area contributed by atoms with Crippen LogP contribution in [0.2, 0.25) is 0 Å². The van der Waals surface area contributed by atoms with Gasteiger partial charge < -0.3 is 5.32 Å². The zero-order valence-corrected chi connectivity index (χ0v) is 12.0. The summed E-state index contributed by atoms with van der Waals surface area (Å²) in [6.07, 6.45) is 7.80. The number of benzene rings is 1. The molecule has 1 aliphatic rings. The van der Waals surface area contributed by atoms with Crippen LogP contribution in [-0.4, -0.2) is 14.5 Å². The van der Waals surface area contributed by atoms with Crippen LogP contribution in [0.1, 0.15) is 44.1 Å². The molecule has 19 heavy (non-hydrogen) atoms. The largest absolute Gasteiger partial charge is 0.310 e. The van der Waals surface area contributed by atoms with E-state index < -0.39 is 10.0 Å². The lowest BCUT2D eigenvalue weighted by Crippen LogP contribution is -2.27. The van der Waals surface area contributed by atoms with Crippen molar-refractivity contribution in [2.45, 2.75) is 56.0 Å². The van der Waals surface area contributed by atoms with Crippen LogP contribution in [0.5, 0.6) is 0 Å². The van der Waals surface area contributed by atoms with Crippen molar-refractivity contribution >= 4 is 10.0 Å². The van der Waals surface area contributed by atoms with Gasteiger partial charge in [-0.2, -0.15) is 0 Å². The number of primary sulfonamides is 1. The molecule has 4 nitrogen and oxygen atoms in total. The molecule has 1 saturated carbocycles. The molecule has 0 spiro atoms. The van der Waals surface area contributed by atoms with Crippen LogP contribution in [-0.2, 0) is 16.6 Å². The third-order valence-corrected chi connectivity index (χ3v) is 4.63. The lowest BCUT2D eigenvalue weighted by atomic mass is 10.1. The first-order valence-electron chi connectivity index (χ1n) is 6.91. The Kier molecular flexibility index (Phi) is 4.96. The molecule has 0 amide bonds. The maximum atomic E-state index is 11.1. The Morgan fingerprint density at radius 3 is 2.16 bits per heavy atom. The summed E-state index contributed by atoms with van der Waals surface area (Å²) in [4.78, 5) is 0.172. The van der Waals surface area contributed by atoms with Crippen LogP contribution in [0, 0.1) is 0 Å². The zero-order chi connectivity index (χ0) is 13.7. The summed E-state index contributed by atoms with van der Waals surface area (Å²) in [5.41, 5.74) is 1.09. The number of nitrogens with two attached hydrogens (primary N) is 1. The minimum atomic E-state index is -3.58. The van der Waals surface area contributed by atoms with Gasteiger partial charge in [0.1, 0.15) is 0 Å². The summed E-state index contributed by atoms with van der Waals surface area (Å²) in [6, 6.07) is 7.38. The van der Waals surface area contributed by atoms with Gasteiger partial charge >= 0.3 is 0 Å². The van der Waals surface area contributed by atoms with E-state index in [4.69, 9.17) is 5.14 Å². The number of hydrogen-bond acceptors (Lipinski definition) is 3. The van der Waals surface area contributed by atoms with E-state index in [1.807, 2.05) is 12.1 Å². The van der Waals surface area contributed by atoms with Crippen molar-refractivity contribution in [3.05, 3.63) is 29.8 Å². The van der Waals surface area contributed by atoms with Gasteiger partial charge in [0.05, 0.1) is 4.90 Å². The number of rotatable bonds is 4. The second-order valence-electron chi connectivity index (χ2n) is 5.26. The van der Waals surface area contributed by atoms with E-state index in [9.17, 15) is 8.42 Å². The van der Waals surface area contributed by atoms with E-state index in [2.05, 4.69) is 5.32 Å². The fraction of sp³-hybridized carbons (Fsp3) is 0.571. The molecule has 0 radical (unpaired) electrons. The first kappa shape index (κ1) is 14.5. The van der Waals surface area contributed by atoms with Gasteiger partial charge in [0.2, 0.25) is 10.0 Å². The van der Waals surface area contributed by atoms with E-state index in [1.165, 1.54) is 38.5 Å². The molecule has 2 rings (SSSR count). The molecule has 0 atom stereocenters. The summed E-state index contributed by atoms with van der Waals surface area (Å²) in [5, 5.41) is 8.63. The SMILES string of the molecule is NS(=O)(=O)c1ccc(CNC2CCCCCC2)cc1. The van der Waals surface area contributed by atoms with Crippen molar-refractivity contribution in [3.8, 4) is 0 Å². The topological polar surface area (TPSA) is 72.2 Å². The molecule has 1 fully saturated rings. The third-order valence-electron chi connectivity index (χ3n) is 3.70. The average molecular weight is 282 g/mol. The number of sulfonamides is 1. The van der Waals surface area contributed by atoms with E-state index in [1.54, 1.807) is 12.1 Å². The van der Waals surface area contributed by atoms with Crippen LogP contribution in [0.25, 0.3) is 0 Å². The van der Waals surface area contributed by atoms with Crippen molar-refractivity contribution in [2.24, 2.45) is 5.14 Å². The molecular formula is C14H22N2O2S. The summed E-state index contributed by atoms with van der Waals surface area (Å²) >= 11 is 0. The summed E-state index contributed by atoms with van der Waals surface area (Å²) in [5.74, 6) is 0. The van der Waals surface area contributed by atoms with Gasteiger partial charge in [-0.15, -0.1) is 0 Å². The van der Waals surface area contributed by atoms with Crippen LogP contribution in [0.3, 0.4) is 0 Å². The second-order valence-corrected chi connectivity index (χ2v) is 6.82. The first-order valence-corrected chi connectivity index (χ1v) is 8.45. The minimum Gasteiger partial charge on any atom is -0.310 e. The molecule has 0 aromatic heterocycles. The van der Waals surface area contributed by atoms with Crippen molar-refractivity contribution < 1.29 is 8.42 Å². The predicted molar refractivity (Wildman–Crippen MR) is 76.1 cm³/mol. The van der Waals surface area contributed by atoms with Gasteiger partial charge in [-0.05, 0) is 30.5 Å². The number of nitrogens with one attached hydrogen (secondary N) is 1. The molecule has 1 aromatic carbocycles. The Morgan fingerprint density at radius 2 is 1.63 bits per heavy atom. The van der Waals surface area contributed by atoms with E-state index in [-0.39, 0.29) is 4.90 Å². The van der Waals surface area contributed by atoms with Gasteiger partial charge in [0.15, 0.2) is 0 Å². The van der Waals surface area contributed by atoms with Gasteiger partial charge in [-0.1, -0.05) is 37.8 Å². The van der Waals surface area contributed by atoms with Crippen molar-refractivity contribution in [1.29, 1.82) is 0 Å². The quantitative estimate of drug-likeness (QED) is 0.831. The highest BCUT2D eigenvalue weighted by molar-refractivity contribution is 7.89. The predicted octanol–water partition coefficient (Wildman–Crippen LogP) is 2.15. The fourth-order valence-corrected chi connectivity index (χ4v) is 3.06. The maximum Gasteiger partial charge on any atom is 0.238 e. The second kappa shape index (κ2) is 6.50. The molecule has 1 aliphatic carbocycles. The molecule has 106 valence electrons. The van der Waals surface area contributed by atoms with Gasteiger partial charge in [-0.3, -0.25) is 0 Å².